The summed E-state index contributed by atoms with van der Waals surface area (Å²) in [7, 11) is 0. The lowest BCUT2D eigenvalue weighted by atomic mass is 10.1. The fourth-order valence-corrected chi connectivity index (χ4v) is 2.20. The minimum atomic E-state index is -0.183. The van der Waals surface area contributed by atoms with Crippen LogP contribution in [0, 0.1) is 6.92 Å². The number of amides is 2. The van der Waals surface area contributed by atoms with Gasteiger partial charge in [0.15, 0.2) is 0 Å². The normalized spacial score (nSPS) is 12.8. The first-order valence-corrected chi connectivity index (χ1v) is 6.42. The number of anilines is 2. The molecule has 0 atom stereocenters. The molecular formula is C16H14N2O2. The zero-order valence-corrected chi connectivity index (χ0v) is 11.1. The second-order valence-corrected chi connectivity index (χ2v) is 4.92. The second-order valence-electron chi connectivity index (χ2n) is 4.92. The Morgan fingerprint density at radius 3 is 2.65 bits per heavy atom. The van der Waals surface area contributed by atoms with Crippen molar-refractivity contribution in [2.45, 2.75) is 13.3 Å². The Bertz CT molecular complexity index is 690. The van der Waals surface area contributed by atoms with Crippen LogP contribution in [0.15, 0.2) is 42.5 Å². The molecule has 20 heavy (non-hydrogen) atoms. The van der Waals surface area contributed by atoms with E-state index in [4.69, 9.17) is 0 Å². The number of aryl methyl sites for hydroxylation is 1. The molecule has 0 unspecified atom stereocenters. The molecule has 2 aromatic carbocycles. The van der Waals surface area contributed by atoms with Crippen LogP contribution in [0.3, 0.4) is 0 Å². The third kappa shape index (κ3) is 2.40. The van der Waals surface area contributed by atoms with Crippen LogP contribution in [-0.4, -0.2) is 11.8 Å². The van der Waals surface area contributed by atoms with Gasteiger partial charge in [-0.05, 0) is 36.8 Å². The molecule has 100 valence electrons. The maximum Gasteiger partial charge on any atom is 0.255 e. The SMILES string of the molecule is Cc1ccc(NC(=O)c2ccc3c(c2)NC(=O)C3)cc1. The molecule has 1 aliphatic heterocycles. The van der Waals surface area contributed by atoms with Crippen LogP contribution in [0.4, 0.5) is 11.4 Å². The third-order valence-corrected chi connectivity index (χ3v) is 3.31. The maximum atomic E-state index is 12.2. The van der Waals surface area contributed by atoms with Gasteiger partial charge in [-0.1, -0.05) is 23.8 Å². The first-order chi connectivity index (χ1) is 9.61. The van der Waals surface area contributed by atoms with Gasteiger partial charge in [0.2, 0.25) is 5.91 Å². The molecule has 0 aromatic heterocycles. The Kier molecular flexibility index (Phi) is 2.99. The summed E-state index contributed by atoms with van der Waals surface area (Å²) in [6, 6.07) is 12.9. The lowest BCUT2D eigenvalue weighted by Crippen LogP contribution is -2.12. The van der Waals surface area contributed by atoms with Gasteiger partial charge in [0.05, 0.1) is 6.42 Å². The molecule has 4 nitrogen and oxygen atoms in total. The van der Waals surface area contributed by atoms with Gasteiger partial charge in [0, 0.05) is 16.9 Å². The van der Waals surface area contributed by atoms with Crippen molar-refractivity contribution in [3.63, 3.8) is 0 Å². The van der Waals surface area contributed by atoms with E-state index in [0.717, 1.165) is 22.5 Å². The summed E-state index contributed by atoms with van der Waals surface area (Å²) in [6.45, 7) is 1.99. The van der Waals surface area contributed by atoms with Crippen molar-refractivity contribution in [2.24, 2.45) is 0 Å². The Morgan fingerprint density at radius 2 is 1.90 bits per heavy atom. The van der Waals surface area contributed by atoms with E-state index in [1.54, 1.807) is 12.1 Å². The van der Waals surface area contributed by atoms with E-state index < -0.39 is 0 Å². The van der Waals surface area contributed by atoms with E-state index >= 15 is 0 Å². The van der Waals surface area contributed by atoms with Crippen LogP contribution >= 0.6 is 0 Å². The smallest absolute Gasteiger partial charge is 0.255 e. The lowest BCUT2D eigenvalue weighted by Gasteiger charge is -2.07. The Labute approximate surface area is 116 Å². The van der Waals surface area contributed by atoms with E-state index in [1.807, 2.05) is 37.3 Å². The maximum absolute atomic E-state index is 12.2. The van der Waals surface area contributed by atoms with Crippen LogP contribution in [0.25, 0.3) is 0 Å². The largest absolute Gasteiger partial charge is 0.326 e. The number of carbonyl (C=O) groups is 2. The molecule has 1 heterocycles. The third-order valence-electron chi connectivity index (χ3n) is 3.31. The number of benzene rings is 2. The van der Waals surface area contributed by atoms with E-state index in [0.29, 0.717) is 12.0 Å². The van der Waals surface area contributed by atoms with Crippen molar-refractivity contribution in [3.8, 4) is 0 Å². The lowest BCUT2D eigenvalue weighted by molar-refractivity contribution is -0.115. The molecule has 4 heteroatoms. The fourth-order valence-electron chi connectivity index (χ4n) is 2.20. The van der Waals surface area contributed by atoms with Gasteiger partial charge < -0.3 is 10.6 Å². The number of fused-ring (bicyclic) bond motifs is 1. The summed E-state index contributed by atoms with van der Waals surface area (Å²) in [4.78, 5) is 23.4. The standard InChI is InChI=1S/C16H14N2O2/c1-10-2-6-13(7-3-10)17-16(20)12-5-4-11-9-15(19)18-14(11)8-12/h2-8H,9H2,1H3,(H,17,20)(H,18,19). The Morgan fingerprint density at radius 1 is 1.15 bits per heavy atom. The van der Waals surface area contributed by atoms with Crippen molar-refractivity contribution in [3.05, 3.63) is 59.2 Å². The van der Waals surface area contributed by atoms with E-state index in [2.05, 4.69) is 10.6 Å². The number of rotatable bonds is 2. The minimum absolute atomic E-state index is 0.0314. The average Bonchev–Trinajstić information content (AvgIpc) is 2.80. The molecule has 0 spiro atoms. The van der Waals surface area contributed by atoms with Crippen molar-refractivity contribution >= 4 is 23.2 Å². The highest BCUT2D eigenvalue weighted by molar-refractivity contribution is 6.07. The van der Waals surface area contributed by atoms with Crippen LogP contribution in [-0.2, 0) is 11.2 Å². The number of carbonyl (C=O) groups excluding carboxylic acids is 2. The number of hydrogen-bond acceptors (Lipinski definition) is 2. The van der Waals surface area contributed by atoms with Crippen LogP contribution in [0.1, 0.15) is 21.5 Å². The summed E-state index contributed by atoms with van der Waals surface area (Å²) >= 11 is 0. The molecule has 3 rings (SSSR count). The summed E-state index contributed by atoms with van der Waals surface area (Å²) in [5, 5.41) is 5.58. The van der Waals surface area contributed by atoms with Gasteiger partial charge in [-0.15, -0.1) is 0 Å². The van der Waals surface area contributed by atoms with Crippen molar-refractivity contribution < 1.29 is 9.59 Å². The highest BCUT2D eigenvalue weighted by atomic mass is 16.2. The average molecular weight is 266 g/mol. The van der Waals surface area contributed by atoms with E-state index in [1.165, 1.54) is 0 Å². The van der Waals surface area contributed by atoms with Crippen LogP contribution in [0.2, 0.25) is 0 Å². The molecule has 2 N–H and O–H groups in total. The van der Waals surface area contributed by atoms with Crippen LogP contribution < -0.4 is 10.6 Å². The van der Waals surface area contributed by atoms with Crippen molar-refractivity contribution in [1.82, 2.24) is 0 Å². The first-order valence-electron chi connectivity index (χ1n) is 6.42. The van der Waals surface area contributed by atoms with Crippen molar-refractivity contribution in [2.75, 3.05) is 10.6 Å². The quantitative estimate of drug-likeness (QED) is 0.878. The van der Waals surface area contributed by atoms with Gasteiger partial charge in [-0.2, -0.15) is 0 Å². The van der Waals surface area contributed by atoms with Gasteiger partial charge in [0.25, 0.3) is 5.91 Å². The topological polar surface area (TPSA) is 58.2 Å². The van der Waals surface area contributed by atoms with E-state index in [9.17, 15) is 9.59 Å². The molecule has 0 aliphatic carbocycles. The zero-order valence-electron chi connectivity index (χ0n) is 11.1. The fraction of sp³-hybridized carbons (Fsp3) is 0.125. The number of nitrogens with one attached hydrogen (secondary N) is 2. The van der Waals surface area contributed by atoms with Gasteiger partial charge in [-0.3, -0.25) is 9.59 Å². The molecular weight excluding hydrogens is 252 g/mol. The zero-order chi connectivity index (χ0) is 14.1. The van der Waals surface area contributed by atoms with E-state index in [-0.39, 0.29) is 11.8 Å². The summed E-state index contributed by atoms with van der Waals surface area (Å²) < 4.78 is 0. The minimum Gasteiger partial charge on any atom is -0.326 e. The monoisotopic (exact) mass is 266 g/mol. The molecule has 0 radical (unpaired) electrons. The molecule has 2 aromatic rings. The summed E-state index contributed by atoms with van der Waals surface area (Å²) in [5.41, 5.74) is 4.09. The van der Waals surface area contributed by atoms with Gasteiger partial charge >= 0.3 is 0 Å². The molecule has 0 saturated heterocycles. The molecule has 1 aliphatic rings. The Hall–Kier alpha value is -2.62. The predicted molar refractivity (Wildman–Crippen MR) is 77.9 cm³/mol. The Balaban J connectivity index is 1.79. The highest BCUT2D eigenvalue weighted by Crippen LogP contribution is 2.24. The highest BCUT2D eigenvalue weighted by Gasteiger charge is 2.19. The molecule has 2 amide bonds. The molecule has 0 bridgehead atoms. The first kappa shape index (κ1) is 12.4. The molecule has 0 saturated carbocycles. The predicted octanol–water partition coefficient (Wildman–Crippen LogP) is 2.74. The molecule has 0 fully saturated rings. The number of hydrogen-bond donors (Lipinski definition) is 2. The van der Waals surface area contributed by atoms with Crippen molar-refractivity contribution in [1.29, 1.82) is 0 Å². The second kappa shape index (κ2) is 4.81. The van der Waals surface area contributed by atoms with Gasteiger partial charge in [0.1, 0.15) is 0 Å². The summed E-state index contributed by atoms with van der Waals surface area (Å²) in [6.07, 6.45) is 0.384. The summed E-state index contributed by atoms with van der Waals surface area (Å²) in [5.74, 6) is -0.214. The van der Waals surface area contributed by atoms with Gasteiger partial charge in [-0.25, -0.2) is 0 Å². The van der Waals surface area contributed by atoms with Crippen LogP contribution in [0.5, 0.6) is 0 Å².